The largest absolute Gasteiger partial charge is 0.497 e. The van der Waals surface area contributed by atoms with Gasteiger partial charge in [-0.15, -0.1) is 0 Å². The third-order valence-corrected chi connectivity index (χ3v) is 6.16. The standard InChI is InChI=1S/C19H24ClN3O4S/c1-22(2)28(25,26)16-9-10-17(20)18(11-16)21-19(24)13-23(3)12-14-5-7-15(27-4)8-6-14/h5-11H,12-13H2,1-4H3,(H,21,24). The first-order valence-corrected chi connectivity index (χ1v) is 10.3. The minimum absolute atomic E-state index is 0.0591. The molecule has 0 atom stereocenters. The van der Waals surface area contributed by atoms with Crippen LogP contribution in [0.15, 0.2) is 47.4 Å². The summed E-state index contributed by atoms with van der Waals surface area (Å²) in [5.41, 5.74) is 1.29. The zero-order valence-electron chi connectivity index (χ0n) is 16.3. The number of sulfonamides is 1. The van der Waals surface area contributed by atoms with Crippen molar-refractivity contribution in [2.75, 3.05) is 40.1 Å². The van der Waals surface area contributed by atoms with Crippen molar-refractivity contribution in [1.82, 2.24) is 9.21 Å². The lowest BCUT2D eigenvalue weighted by molar-refractivity contribution is -0.117. The molecule has 0 aliphatic rings. The molecule has 28 heavy (non-hydrogen) atoms. The van der Waals surface area contributed by atoms with Crippen molar-refractivity contribution in [3.63, 3.8) is 0 Å². The van der Waals surface area contributed by atoms with Gasteiger partial charge >= 0.3 is 0 Å². The molecule has 2 aromatic carbocycles. The third kappa shape index (κ3) is 5.68. The predicted molar refractivity (Wildman–Crippen MR) is 110 cm³/mol. The van der Waals surface area contributed by atoms with Crippen LogP contribution < -0.4 is 10.1 Å². The van der Waals surface area contributed by atoms with Gasteiger partial charge in [0, 0.05) is 20.6 Å². The summed E-state index contributed by atoms with van der Waals surface area (Å²) in [5, 5.41) is 2.95. The van der Waals surface area contributed by atoms with Crippen molar-refractivity contribution in [1.29, 1.82) is 0 Å². The lowest BCUT2D eigenvalue weighted by atomic mass is 10.2. The van der Waals surface area contributed by atoms with E-state index in [0.29, 0.717) is 6.54 Å². The molecule has 152 valence electrons. The van der Waals surface area contributed by atoms with Crippen molar-refractivity contribution in [2.45, 2.75) is 11.4 Å². The summed E-state index contributed by atoms with van der Waals surface area (Å²) in [6.45, 7) is 0.688. The van der Waals surface area contributed by atoms with E-state index < -0.39 is 10.0 Å². The summed E-state index contributed by atoms with van der Waals surface area (Å²) in [5.74, 6) is 0.476. The number of nitrogens with zero attached hydrogens (tertiary/aromatic N) is 2. The second-order valence-corrected chi connectivity index (χ2v) is 9.06. The van der Waals surface area contributed by atoms with E-state index in [-0.39, 0.29) is 28.1 Å². The number of halogens is 1. The van der Waals surface area contributed by atoms with Crippen LogP contribution in [0.25, 0.3) is 0 Å². The average Bonchev–Trinajstić information content (AvgIpc) is 2.63. The lowest BCUT2D eigenvalue weighted by Gasteiger charge is -2.18. The van der Waals surface area contributed by atoms with E-state index >= 15 is 0 Å². The molecule has 0 heterocycles. The van der Waals surface area contributed by atoms with Gasteiger partial charge in [0.2, 0.25) is 15.9 Å². The number of benzene rings is 2. The second-order valence-electron chi connectivity index (χ2n) is 6.50. The molecular weight excluding hydrogens is 402 g/mol. The van der Waals surface area contributed by atoms with Crippen molar-refractivity contribution in [2.24, 2.45) is 0 Å². The van der Waals surface area contributed by atoms with E-state index in [2.05, 4.69) is 5.32 Å². The van der Waals surface area contributed by atoms with Crippen molar-refractivity contribution in [3.05, 3.63) is 53.1 Å². The Labute approximate surface area is 170 Å². The number of likely N-dealkylation sites (N-methyl/N-ethyl adjacent to an activating group) is 1. The van der Waals surface area contributed by atoms with Crippen LogP contribution in [0.4, 0.5) is 5.69 Å². The average molecular weight is 426 g/mol. The summed E-state index contributed by atoms with van der Waals surface area (Å²) < 4.78 is 30.8. The van der Waals surface area contributed by atoms with E-state index in [9.17, 15) is 13.2 Å². The molecule has 0 bridgehead atoms. The minimum Gasteiger partial charge on any atom is -0.497 e. The molecule has 1 amide bonds. The van der Waals surface area contributed by atoms with E-state index in [1.807, 2.05) is 36.2 Å². The molecular formula is C19H24ClN3O4S. The van der Waals surface area contributed by atoms with Gasteiger partial charge in [-0.25, -0.2) is 12.7 Å². The maximum atomic E-state index is 12.4. The Kier molecular flexibility index (Phi) is 7.42. The zero-order valence-corrected chi connectivity index (χ0v) is 17.8. The van der Waals surface area contributed by atoms with Gasteiger partial charge in [-0.05, 0) is 42.9 Å². The van der Waals surface area contributed by atoms with E-state index in [0.717, 1.165) is 15.6 Å². The van der Waals surface area contributed by atoms with Crippen LogP contribution in [0.1, 0.15) is 5.56 Å². The second kappa shape index (κ2) is 9.38. The molecule has 2 rings (SSSR count). The van der Waals surface area contributed by atoms with Crippen LogP contribution in [0, 0.1) is 0 Å². The zero-order chi connectivity index (χ0) is 20.9. The van der Waals surface area contributed by atoms with Gasteiger partial charge in [0.05, 0.1) is 29.3 Å². The number of nitrogens with one attached hydrogen (secondary N) is 1. The quantitative estimate of drug-likeness (QED) is 0.703. The molecule has 2 aromatic rings. The Morgan fingerprint density at radius 2 is 1.75 bits per heavy atom. The summed E-state index contributed by atoms with van der Waals surface area (Å²) in [6, 6.07) is 11.8. The summed E-state index contributed by atoms with van der Waals surface area (Å²) in [4.78, 5) is 14.3. The van der Waals surface area contributed by atoms with Crippen LogP contribution in [0.2, 0.25) is 5.02 Å². The first kappa shape index (κ1) is 22.2. The normalized spacial score (nSPS) is 11.7. The molecule has 0 aliphatic carbocycles. The maximum absolute atomic E-state index is 12.4. The van der Waals surface area contributed by atoms with Gasteiger partial charge in [-0.1, -0.05) is 23.7 Å². The van der Waals surface area contributed by atoms with Gasteiger partial charge in [-0.2, -0.15) is 0 Å². The summed E-state index contributed by atoms with van der Waals surface area (Å²) >= 11 is 6.12. The molecule has 0 unspecified atom stereocenters. The third-order valence-electron chi connectivity index (χ3n) is 4.02. The van der Waals surface area contributed by atoms with Gasteiger partial charge in [0.25, 0.3) is 0 Å². The highest BCUT2D eigenvalue weighted by Gasteiger charge is 2.19. The highest BCUT2D eigenvalue weighted by Crippen LogP contribution is 2.26. The Hall–Kier alpha value is -2.13. The monoisotopic (exact) mass is 425 g/mol. The SMILES string of the molecule is COc1ccc(CN(C)CC(=O)Nc2cc(S(=O)(=O)N(C)C)ccc2Cl)cc1. The Bertz CT molecular complexity index is 931. The smallest absolute Gasteiger partial charge is 0.242 e. The number of carbonyl (C=O) groups is 1. The first-order valence-electron chi connectivity index (χ1n) is 8.47. The molecule has 1 N–H and O–H groups in total. The molecule has 0 radical (unpaired) electrons. The Morgan fingerprint density at radius 3 is 2.32 bits per heavy atom. The van der Waals surface area contributed by atoms with E-state index in [4.69, 9.17) is 16.3 Å². The molecule has 0 saturated carbocycles. The van der Waals surface area contributed by atoms with Crippen LogP contribution in [0.3, 0.4) is 0 Å². The molecule has 0 spiro atoms. The number of ether oxygens (including phenoxy) is 1. The van der Waals surface area contributed by atoms with Crippen LogP contribution >= 0.6 is 11.6 Å². The molecule has 0 fully saturated rings. The number of carbonyl (C=O) groups excluding carboxylic acids is 1. The minimum atomic E-state index is -3.62. The first-order chi connectivity index (χ1) is 13.1. The summed E-state index contributed by atoms with van der Waals surface area (Å²) in [7, 11) is 2.69. The molecule has 7 nitrogen and oxygen atoms in total. The van der Waals surface area contributed by atoms with Crippen LogP contribution in [-0.2, 0) is 21.4 Å². The fraction of sp³-hybridized carbons (Fsp3) is 0.316. The number of methoxy groups -OCH3 is 1. The summed E-state index contributed by atoms with van der Waals surface area (Å²) in [6.07, 6.45) is 0. The Balaban J connectivity index is 2.03. The molecule has 0 aromatic heterocycles. The Morgan fingerprint density at radius 1 is 1.11 bits per heavy atom. The molecule has 0 aliphatic heterocycles. The molecule has 9 heteroatoms. The van der Waals surface area contributed by atoms with Gasteiger partial charge < -0.3 is 10.1 Å². The van der Waals surface area contributed by atoms with E-state index in [1.54, 1.807) is 7.11 Å². The predicted octanol–water partition coefficient (Wildman–Crippen LogP) is 2.67. The van der Waals surface area contributed by atoms with Crippen molar-refractivity contribution < 1.29 is 17.9 Å². The van der Waals surface area contributed by atoms with Crippen LogP contribution in [0.5, 0.6) is 5.75 Å². The number of amides is 1. The van der Waals surface area contributed by atoms with Gasteiger partial charge in [0.15, 0.2) is 0 Å². The fourth-order valence-corrected chi connectivity index (χ4v) is 3.60. The number of hydrogen-bond acceptors (Lipinski definition) is 5. The number of hydrogen-bond donors (Lipinski definition) is 1. The number of rotatable bonds is 8. The maximum Gasteiger partial charge on any atom is 0.242 e. The van der Waals surface area contributed by atoms with Crippen molar-refractivity contribution >= 4 is 33.2 Å². The molecule has 0 saturated heterocycles. The van der Waals surface area contributed by atoms with Crippen LogP contribution in [-0.4, -0.2) is 58.3 Å². The van der Waals surface area contributed by atoms with Gasteiger partial charge in [-0.3, -0.25) is 9.69 Å². The van der Waals surface area contributed by atoms with Crippen molar-refractivity contribution in [3.8, 4) is 5.75 Å². The lowest BCUT2D eigenvalue weighted by Crippen LogP contribution is -2.30. The highest BCUT2D eigenvalue weighted by molar-refractivity contribution is 7.89. The van der Waals surface area contributed by atoms with Gasteiger partial charge in [0.1, 0.15) is 5.75 Å². The highest BCUT2D eigenvalue weighted by atomic mass is 35.5. The van der Waals surface area contributed by atoms with E-state index in [1.165, 1.54) is 32.3 Å². The topological polar surface area (TPSA) is 79.0 Å². The fourth-order valence-electron chi connectivity index (χ4n) is 2.50. The number of anilines is 1.